The summed E-state index contributed by atoms with van der Waals surface area (Å²) in [6.45, 7) is 0. The Morgan fingerprint density at radius 3 is 2.61 bits per heavy atom. The fourth-order valence-electron chi connectivity index (χ4n) is 1.51. The number of hydrogen-bond donors (Lipinski definition) is 1. The Hall–Kier alpha value is -2.26. The standard InChI is InChI=1S/C9H8N4O4S/c10-18(16,17)9-11-5-6-12(9)7-3-1-2-4-8(7)13(14)15/h1-6H,(H2,10,16,17). The van der Waals surface area contributed by atoms with Crippen molar-refractivity contribution in [3.63, 3.8) is 0 Å². The van der Waals surface area contributed by atoms with Crippen LogP contribution >= 0.6 is 0 Å². The van der Waals surface area contributed by atoms with E-state index in [4.69, 9.17) is 5.14 Å². The van der Waals surface area contributed by atoms with Crippen LogP contribution in [0.2, 0.25) is 0 Å². The largest absolute Gasteiger partial charge is 0.293 e. The van der Waals surface area contributed by atoms with Crippen LogP contribution in [0, 0.1) is 10.1 Å². The van der Waals surface area contributed by atoms with Crippen molar-refractivity contribution >= 4 is 15.7 Å². The first-order chi connectivity index (χ1) is 8.41. The van der Waals surface area contributed by atoms with Gasteiger partial charge in [0.15, 0.2) is 0 Å². The second kappa shape index (κ2) is 4.20. The van der Waals surface area contributed by atoms with Gasteiger partial charge in [-0.2, -0.15) is 0 Å². The number of aromatic nitrogens is 2. The lowest BCUT2D eigenvalue weighted by Gasteiger charge is -2.06. The van der Waals surface area contributed by atoms with Gasteiger partial charge in [-0.15, -0.1) is 0 Å². The quantitative estimate of drug-likeness (QED) is 0.639. The zero-order chi connectivity index (χ0) is 13.3. The minimum atomic E-state index is -4.05. The van der Waals surface area contributed by atoms with Gasteiger partial charge in [0, 0.05) is 18.5 Å². The van der Waals surface area contributed by atoms with Gasteiger partial charge in [0.2, 0.25) is 5.16 Å². The number of primary sulfonamides is 1. The summed E-state index contributed by atoms with van der Waals surface area (Å²) in [5.74, 6) is 0. The first-order valence-corrected chi connectivity index (χ1v) is 6.26. The Labute approximate surface area is 102 Å². The Morgan fingerprint density at radius 2 is 2.00 bits per heavy atom. The van der Waals surface area contributed by atoms with Crippen molar-refractivity contribution in [2.24, 2.45) is 5.14 Å². The van der Waals surface area contributed by atoms with E-state index in [9.17, 15) is 18.5 Å². The molecule has 0 spiro atoms. The summed E-state index contributed by atoms with van der Waals surface area (Å²) >= 11 is 0. The van der Waals surface area contributed by atoms with Crippen LogP contribution < -0.4 is 5.14 Å². The van der Waals surface area contributed by atoms with Gasteiger partial charge >= 0.3 is 0 Å². The Bertz CT molecular complexity index is 707. The lowest BCUT2D eigenvalue weighted by Crippen LogP contribution is -2.18. The summed E-state index contributed by atoms with van der Waals surface area (Å²) in [5, 5.41) is 15.4. The molecular weight excluding hydrogens is 260 g/mol. The van der Waals surface area contributed by atoms with Crippen molar-refractivity contribution in [3.05, 3.63) is 46.8 Å². The van der Waals surface area contributed by atoms with Crippen LogP contribution in [0.3, 0.4) is 0 Å². The van der Waals surface area contributed by atoms with Crippen LogP contribution in [0.5, 0.6) is 0 Å². The van der Waals surface area contributed by atoms with Gasteiger partial charge < -0.3 is 0 Å². The highest BCUT2D eigenvalue weighted by atomic mass is 32.2. The van der Waals surface area contributed by atoms with Crippen LogP contribution in [0.15, 0.2) is 41.8 Å². The normalized spacial score (nSPS) is 11.4. The Morgan fingerprint density at radius 1 is 1.33 bits per heavy atom. The molecular formula is C9H8N4O4S. The summed E-state index contributed by atoms with van der Waals surface area (Å²) in [7, 11) is -4.05. The molecule has 2 aromatic rings. The van der Waals surface area contributed by atoms with Crippen molar-refractivity contribution in [1.82, 2.24) is 9.55 Å². The van der Waals surface area contributed by atoms with Gasteiger partial charge in [-0.25, -0.2) is 18.5 Å². The molecule has 94 valence electrons. The zero-order valence-electron chi connectivity index (χ0n) is 8.92. The highest BCUT2D eigenvalue weighted by Gasteiger charge is 2.21. The minimum absolute atomic E-state index is 0.0871. The molecule has 0 radical (unpaired) electrons. The third kappa shape index (κ3) is 2.08. The molecule has 0 aliphatic rings. The van der Waals surface area contributed by atoms with Crippen LogP contribution in [0.1, 0.15) is 0 Å². The van der Waals surface area contributed by atoms with Crippen molar-refractivity contribution in [2.75, 3.05) is 0 Å². The van der Waals surface area contributed by atoms with E-state index < -0.39 is 20.1 Å². The summed E-state index contributed by atoms with van der Waals surface area (Å²) in [5.41, 5.74) is -0.149. The number of nitro benzene ring substituents is 1. The van der Waals surface area contributed by atoms with Crippen molar-refractivity contribution in [1.29, 1.82) is 0 Å². The molecule has 1 aromatic carbocycles. The molecule has 0 saturated heterocycles. The van der Waals surface area contributed by atoms with E-state index in [0.29, 0.717) is 0 Å². The SMILES string of the molecule is NS(=O)(=O)c1nccn1-c1ccccc1[N+](=O)[O-]. The van der Waals surface area contributed by atoms with Crippen LogP contribution in [-0.4, -0.2) is 22.9 Å². The number of nitrogens with zero attached hydrogens (tertiary/aromatic N) is 3. The molecule has 2 rings (SSSR count). The summed E-state index contributed by atoms with van der Waals surface area (Å²) in [4.78, 5) is 13.9. The average Bonchev–Trinajstić information content (AvgIpc) is 2.77. The number of para-hydroxylation sites is 2. The maximum atomic E-state index is 11.3. The first-order valence-electron chi connectivity index (χ1n) is 4.71. The predicted molar refractivity (Wildman–Crippen MR) is 61.6 cm³/mol. The maximum Gasteiger partial charge on any atom is 0.293 e. The number of rotatable bonds is 3. The van der Waals surface area contributed by atoms with E-state index >= 15 is 0 Å². The lowest BCUT2D eigenvalue weighted by atomic mass is 10.2. The molecule has 0 bridgehead atoms. The summed E-state index contributed by atoms with van der Waals surface area (Å²) in [6.07, 6.45) is 2.50. The Kier molecular flexibility index (Phi) is 2.85. The third-order valence-corrected chi connectivity index (χ3v) is 3.01. The maximum absolute atomic E-state index is 11.3. The van der Waals surface area contributed by atoms with Gasteiger partial charge in [0.25, 0.3) is 15.7 Å². The third-order valence-electron chi connectivity index (χ3n) is 2.20. The zero-order valence-corrected chi connectivity index (χ0v) is 9.74. The van der Waals surface area contributed by atoms with Gasteiger partial charge in [0.1, 0.15) is 5.69 Å². The molecule has 9 heteroatoms. The number of hydrogen-bond acceptors (Lipinski definition) is 5. The van der Waals surface area contributed by atoms with Crippen LogP contribution in [-0.2, 0) is 10.0 Å². The van der Waals surface area contributed by atoms with Crippen molar-refractivity contribution in [3.8, 4) is 5.69 Å². The Balaban J connectivity index is 2.71. The molecule has 0 unspecified atom stereocenters. The molecule has 0 aliphatic carbocycles. The van der Waals surface area contributed by atoms with E-state index in [2.05, 4.69) is 4.98 Å². The first kappa shape index (κ1) is 12.2. The van der Waals surface area contributed by atoms with E-state index in [1.807, 2.05) is 0 Å². The van der Waals surface area contributed by atoms with E-state index in [1.54, 1.807) is 6.07 Å². The number of nitrogens with two attached hydrogens (primary N) is 1. The van der Waals surface area contributed by atoms with Crippen molar-refractivity contribution < 1.29 is 13.3 Å². The molecule has 2 N–H and O–H groups in total. The molecule has 1 aromatic heterocycles. The molecule has 8 nitrogen and oxygen atoms in total. The fourth-order valence-corrected chi connectivity index (χ4v) is 2.15. The smallest absolute Gasteiger partial charge is 0.283 e. The molecule has 18 heavy (non-hydrogen) atoms. The highest BCUT2D eigenvalue weighted by Crippen LogP contribution is 2.24. The van der Waals surface area contributed by atoms with Gasteiger partial charge in [0.05, 0.1) is 4.92 Å². The number of sulfonamides is 1. The van der Waals surface area contributed by atoms with E-state index in [1.165, 1.54) is 30.6 Å². The summed E-state index contributed by atoms with van der Waals surface area (Å²) in [6, 6.07) is 5.71. The molecule has 0 atom stereocenters. The average molecular weight is 268 g/mol. The number of nitro groups is 1. The summed E-state index contributed by atoms with van der Waals surface area (Å²) < 4.78 is 23.7. The fraction of sp³-hybridized carbons (Fsp3) is 0. The second-order valence-corrected chi connectivity index (χ2v) is 4.83. The van der Waals surface area contributed by atoms with Gasteiger partial charge in [-0.05, 0) is 6.07 Å². The van der Waals surface area contributed by atoms with Crippen LogP contribution in [0.25, 0.3) is 5.69 Å². The molecule has 0 saturated carbocycles. The predicted octanol–water partition coefficient (Wildman–Crippen LogP) is 0.428. The second-order valence-electron chi connectivity index (χ2n) is 3.37. The topological polar surface area (TPSA) is 121 Å². The van der Waals surface area contributed by atoms with E-state index in [0.717, 1.165) is 4.57 Å². The van der Waals surface area contributed by atoms with Gasteiger partial charge in [-0.1, -0.05) is 12.1 Å². The van der Waals surface area contributed by atoms with Gasteiger partial charge in [-0.3, -0.25) is 14.7 Å². The van der Waals surface area contributed by atoms with Crippen LogP contribution in [0.4, 0.5) is 5.69 Å². The lowest BCUT2D eigenvalue weighted by molar-refractivity contribution is -0.384. The monoisotopic (exact) mass is 268 g/mol. The van der Waals surface area contributed by atoms with E-state index in [-0.39, 0.29) is 11.4 Å². The molecule has 0 fully saturated rings. The molecule has 1 heterocycles. The number of imidazole rings is 1. The van der Waals surface area contributed by atoms with Crippen molar-refractivity contribution in [2.45, 2.75) is 5.16 Å². The number of benzene rings is 1. The molecule has 0 amide bonds. The molecule has 0 aliphatic heterocycles. The highest BCUT2D eigenvalue weighted by molar-refractivity contribution is 7.89. The minimum Gasteiger partial charge on any atom is -0.283 e.